The second-order valence-electron chi connectivity index (χ2n) is 4.58. The zero-order valence-corrected chi connectivity index (χ0v) is 11.6. The van der Waals surface area contributed by atoms with E-state index in [1.165, 1.54) is 0 Å². The smallest absolute Gasteiger partial charge is 0.138 e. The van der Waals surface area contributed by atoms with Crippen molar-refractivity contribution in [1.82, 2.24) is 4.98 Å². The normalized spacial score (nSPS) is 10.7. The first-order valence-electron chi connectivity index (χ1n) is 6.14. The van der Waals surface area contributed by atoms with Crippen molar-refractivity contribution >= 4 is 22.5 Å². The van der Waals surface area contributed by atoms with E-state index >= 15 is 0 Å². The number of aromatic hydroxyl groups is 1. The number of pyridine rings is 1. The Hall–Kier alpha value is -2.26. The minimum absolute atomic E-state index is 0.182. The van der Waals surface area contributed by atoms with Crippen LogP contribution in [0.25, 0.3) is 10.9 Å². The first kappa shape index (κ1) is 12.8. The van der Waals surface area contributed by atoms with Crippen molar-refractivity contribution < 1.29 is 9.84 Å². The SMILES string of the molecule is Cc1cc(O)cc(Oc2ccnc3cc(Cl)ccc23)c1. The number of halogens is 1. The lowest BCUT2D eigenvalue weighted by Gasteiger charge is -2.09. The number of nitrogens with zero attached hydrogens (tertiary/aromatic N) is 1. The molecule has 3 rings (SSSR count). The summed E-state index contributed by atoms with van der Waals surface area (Å²) in [7, 11) is 0. The molecular weight excluding hydrogens is 274 g/mol. The molecule has 0 unspecified atom stereocenters. The Morgan fingerprint density at radius 2 is 1.95 bits per heavy atom. The summed E-state index contributed by atoms with van der Waals surface area (Å²) >= 11 is 5.96. The lowest BCUT2D eigenvalue weighted by Crippen LogP contribution is -1.88. The minimum Gasteiger partial charge on any atom is -0.508 e. The Morgan fingerprint density at radius 3 is 2.75 bits per heavy atom. The van der Waals surface area contributed by atoms with Gasteiger partial charge in [-0.05, 0) is 48.9 Å². The topological polar surface area (TPSA) is 42.4 Å². The zero-order chi connectivity index (χ0) is 14.1. The van der Waals surface area contributed by atoms with Crippen LogP contribution in [0.3, 0.4) is 0 Å². The summed E-state index contributed by atoms with van der Waals surface area (Å²) in [5.41, 5.74) is 1.70. The van der Waals surface area contributed by atoms with Crippen molar-refractivity contribution in [3.63, 3.8) is 0 Å². The molecule has 1 aromatic heterocycles. The van der Waals surface area contributed by atoms with Gasteiger partial charge in [0.2, 0.25) is 0 Å². The summed E-state index contributed by atoms with van der Waals surface area (Å²) in [6, 6.07) is 12.4. The second-order valence-corrected chi connectivity index (χ2v) is 5.01. The maximum absolute atomic E-state index is 9.61. The first-order chi connectivity index (χ1) is 9.61. The van der Waals surface area contributed by atoms with Gasteiger partial charge in [0, 0.05) is 22.7 Å². The molecule has 0 amide bonds. The third-order valence-electron chi connectivity index (χ3n) is 2.93. The number of hydrogen-bond acceptors (Lipinski definition) is 3. The molecule has 1 N–H and O–H groups in total. The van der Waals surface area contributed by atoms with Gasteiger partial charge in [-0.1, -0.05) is 11.6 Å². The fourth-order valence-corrected chi connectivity index (χ4v) is 2.26. The van der Waals surface area contributed by atoms with Gasteiger partial charge in [0.05, 0.1) is 5.52 Å². The van der Waals surface area contributed by atoms with E-state index < -0.39 is 0 Å². The minimum atomic E-state index is 0.182. The molecule has 0 radical (unpaired) electrons. The summed E-state index contributed by atoms with van der Waals surface area (Å²) in [6.45, 7) is 1.90. The molecule has 0 bridgehead atoms. The summed E-state index contributed by atoms with van der Waals surface area (Å²) < 4.78 is 5.85. The highest BCUT2D eigenvalue weighted by molar-refractivity contribution is 6.31. The van der Waals surface area contributed by atoms with Crippen LogP contribution >= 0.6 is 11.6 Å². The van der Waals surface area contributed by atoms with Crippen LogP contribution in [0.2, 0.25) is 5.02 Å². The average Bonchev–Trinajstić information content (AvgIpc) is 2.37. The van der Waals surface area contributed by atoms with E-state index in [-0.39, 0.29) is 5.75 Å². The molecule has 4 heteroatoms. The summed E-state index contributed by atoms with van der Waals surface area (Å²) in [5, 5.41) is 11.1. The lowest BCUT2D eigenvalue weighted by atomic mass is 10.2. The van der Waals surface area contributed by atoms with Crippen molar-refractivity contribution in [2.24, 2.45) is 0 Å². The molecule has 2 aromatic carbocycles. The highest BCUT2D eigenvalue weighted by Gasteiger charge is 2.06. The molecule has 0 saturated carbocycles. The maximum atomic E-state index is 9.61. The van der Waals surface area contributed by atoms with Gasteiger partial charge in [0.15, 0.2) is 0 Å². The number of fused-ring (bicyclic) bond motifs is 1. The number of hydrogen-bond donors (Lipinski definition) is 1. The molecule has 100 valence electrons. The third-order valence-corrected chi connectivity index (χ3v) is 3.16. The molecule has 0 spiro atoms. The number of ether oxygens (including phenoxy) is 1. The quantitative estimate of drug-likeness (QED) is 0.742. The van der Waals surface area contributed by atoms with E-state index in [0.29, 0.717) is 16.5 Å². The van der Waals surface area contributed by atoms with Crippen LogP contribution < -0.4 is 4.74 Å². The molecule has 3 nitrogen and oxygen atoms in total. The van der Waals surface area contributed by atoms with E-state index in [1.807, 2.05) is 19.1 Å². The Kier molecular flexibility index (Phi) is 3.20. The highest BCUT2D eigenvalue weighted by atomic mass is 35.5. The molecule has 0 saturated heterocycles. The fourth-order valence-electron chi connectivity index (χ4n) is 2.10. The molecule has 20 heavy (non-hydrogen) atoms. The van der Waals surface area contributed by atoms with E-state index in [1.54, 1.807) is 36.5 Å². The van der Waals surface area contributed by atoms with Crippen molar-refractivity contribution in [3.05, 3.63) is 59.2 Å². The first-order valence-corrected chi connectivity index (χ1v) is 6.52. The molecule has 0 aliphatic rings. The van der Waals surface area contributed by atoms with Gasteiger partial charge in [0.25, 0.3) is 0 Å². The fraction of sp³-hybridized carbons (Fsp3) is 0.0625. The van der Waals surface area contributed by atoms with Gasteiger partial charge in [-0.25, -0.2) is 0 Å². The largest absolute Gasteiger partial charge is 0.508 e. The average molecular weight is 286 g/mol. The van der Waals surface area contributed by atoms with E-state index in [9.17, 15) is 5.11 Å². The van der Waals surface area contributed by atoms with Crippen LogP contribution in [0.5, 0.6) is 17.2 Å². The third kappa shape index (κ3) is 2.53. The number of aryl methyl sites for hydroxylation is 1. The predicted molar refractivity (Wildman–Crippen MR) is 79.7 cm³/mol. The van der Waals surface area contributed by atoms with Crippen LogP contribution in [0, 0.1) is 6.92 Å². The van der Waals surface area contributed by atoms with Crippen molar-refractivity contribution in [3.8, 4) is 17.2 Å². The number of benzene rings is 2. The number of phenolic OH excluding ortho intramolecular Hbond substituents is 1. The van der Waals surface area contributed by atoms with Gasteiger partial charge < -0.3 is 9.84 Å². The lowest BCUT2D eigenvalue weighted by molar-refractivity contribution is 0.456. The van der Waals surface area contributed by atoms with Gasteiger partial charge in [0.1, 0.15) is 17.2 Å². The standard InChI is InChI=1S/C16H12ClNO2/c1-10-6-12(19)9-13(7-10)20-16-4-5-18-15-8-11(17)2-3-14(15)16/h2-9,19H,1H3. The molecule has 0 atom stereocenters. The van der Waals surface area contributed by atoms with Crippen molar-refractivity contribution in [2.45, 2.75) is 6.92 Å². The predicted octanol–water partition coefficient (Wildman–Crippen LogP) is 4.69. The molecule has 0 aliphatic heterocycles. The van der Waals surface area contributed by atoms with Crippen LogP contribution in [-0.4, -0.2) is 10.1 Å². The second kappa shape index (κ2) is 5.02. The maximum Gasteiger partial charge on any atom is 0.138 e. The van der Waals surface area contributed by atoms with Crippen molar-refractivity contribution in [2.75, 3.05) is 0 Å². The number of phenols is 1. The Labute approximate surface area is 121 Å². The number of aromatic nitrogens is 1. The van der Waals surface area contributed by atoms with Crippen LogP contribution in [0.4, 0.5) is 0 Å². The zero-order valence-electron chi connectivity index (χ0n) is 10.8. The Morgan fingerprint density at radius 1 is 1.10 bits per heavy atom. The summed E-state index contributed by atoms with van der Waals surface area (Å²) in [6.07, 6.45) is 1.67. The Bertz CT molecular complexity index is 766. The van der Waals surface area contributed by atoms with E-state index in [4.69, 9.17) is 16.3 Å². The van der Waals surface area contributed by atoms with Crippen molar-refractivity contribution in [1.29, 1.82) is 0 Å². The summed E-state index contributed by atoms with van der Waals surface area (Å²) in [5.74, 6) is 1.45. The van der Waals surface area contributed by atoms with Gasteiger partial charge >= 0.3 is 0 Å². The molecule has 3 aromatic rings. The molecule has 0 fully saturated rings. The van der Waals surface area contributed by atoms with Crippen LogP contribution in [-0.2, 0) is 0 Å². The number of rotatable bonds is 2. The highest BCUT2D eigenvalue weighted by Crippen LogP contribution is 2.32. The Balaban J connectivity index is 2.06. The van der Waals surface area contributed by atoms with Gasteiger partial charge in [-0.2, -0.15) is 0 Å². The molecule has 1 heterocycles. The van der Waals surface area contributed by atoms with E-state index in [2.05, 4.69) is 4.98 Å². The van der Waals surface area contributed by atoms with E-state index in [0.717, 1.165) is 16.5 Å². The summed E-state index contributed by atoms with van der Waals surface area (Å²) in [4.78, 5) is 4.27. The molecule has 0 aliphatic carbocycles. The van der Waals surface area contributed by atoms with Gasteiger partial charge in [-0.3, -0.25) is 4.98 Å². The molecular formula is C16H12ClNO2. The van der Waals surface area contributed by atoms with Crippen LogP contribution in [0.1, 0.15) is 5.56 Å². The van der Waals surface area contributed by atoms with Gasteiger partial charge in [-0.15, -0.1) is 0 Å². The monoisotopic (exact) mass is 285 g/mol. The van der Waals surface area contributed by atoms with Crippen LogP contribution in [0.15, 0.2) is 48.7 Å².